The van der Waals surface area contributed by atoms with Crippen molar-refractivity contribution in [2.75, 3.05) is 7.05 Å². The van der Waals surface area contributed by atoms with Crippen LogP contribution in [0.5, 0.6) is 5.75 Å². The number of phenolic OH excluding ortho intramolecular Hbond substituents is 1. The van der Waals surface area contributed by atoms with Crippen LogP contribution in [0.15, 0.2) is 54.6 Å². The van der Waals surface area contributed by atoms with Gasteiger partial charge < -0.3 is 10.0 Å². The number of phenols is 1. The van der Waals surface area contributed by atoms with Gasteiger partial charge in [-0.1, -0.05) is 24.3 Å². The van der Waals surface area contributed by atoms with Gasteiger partial charge in [0, 0.05) is 24.8 Å². The summed E-state index contributed by atoms with van der Waals surface area (Å²) in [6.07, 6.45) is 0. The maximum atomic E-state index is 12.6. The summed E-state index contributed by atoms with van der Waals surface area (Å²) in [6, 6.07) is 16.6. The summed E-state index contributed by atoms with van der Waals surface area (Å²) in [5.41, 5.74) is 4.86. The van der Waals surface area contributed by atoms with E-state index in [1.165, 1.54) is 0 Å². The fourth-order valence-corrected chi connectivity index (χ4v) is 2.93. The van der Waals surface area contributed by atoms with Gasteiger partial charge in [-0.15, -0.1) is 0 Å². The summed E-state index contributed by atoms with van der Waals surface area (Å²) < 4.78 is 1.96. The Kier molecular flexibility index (Phi) is 5.07. The summed E-state index contributed by atoms with van der Waals surface area (Å²) in [4.78, 5) is 14.3. The second kappa shape index (κ2) is 7.44. The van der Waals surface area contributed by atoms with E-state index in [1.54, 1.807) is 24.1 Å². The first-order chi connectivity index (χ1) is 12.4. The lowest BCUT2D eigenvalue weighted by molar-refractivity contribution is 0.0785. The highest BCUT2D eigenvalue weighted by molar-refractivity contribution is 5.94. The number of rotatable bonds is 5. The summed E-state index contributed by atoms with van der Waals surface area (Å²) in [7, 11) is 1.78. The Labute approximate surface area is 153 Å². The van der Waals surface area contributed by atoms with Crippen LogP contribution in [0.25, 0.3) is 0 Å². The number of carbonyl (C=O) groups excluding carboxylic acids is 1. The van der Waals surface area contributed by atoms with E-state index >= 15 is 0 Å². The highest BCUT2D eigenvalue weighted by atomic mass is 16.3. The first-order valence-corrected chi connectivity index (χ1v) is 8.56. The number of aryl methyl sites for hydroxylation is 2. The predicted octanol–water partition coefficient (Wildman–Crippen LogP) is 3.53. The van der Waals surface area contributed by atoms with Crippen molar-refractivity contribution >= 4 is 5.91 Å². The lowest BCUT2D eigenvalue weighted by Gasteiger charge is -2.17. The van der Waals surface area contributed by atoms with Crippen molar-refractivity contribution in [1.29, 1.82) is 0 Å². The van der Waals surface area contributed by atoms with Crippen LogP contribution >= 0.6 is 0 Å². The Balaban J connectivity index is 1.66. The molecule has 5 heteroatoms. The van der Waals surface area contributed by atoms with Crippen molar-refractivity contribution in [1.82, 2.24) is 14.7 Å². The zero-order chi connectivity index (χ0) is 18.7. The Morgan fingerprint density at radius 2 is 1.65 bits per heavy atom. The molecule has 1 amide bonds. The summed E-state index contributed by atoms with van der Waals surface area (Å²) in [5.74, 6) is 0.191. The first kappa shape index (κ1) is 17.7. The van der Waals surface area contributed by atoms with Gasteiger partial charge in [-0.3, -0.25) is 9.48 Å². The number of aromatic nitrogens is 2. The zero-order valence-corrected chi connectivity index (χ0v) is 15.3. The minimum atomic E-state index is -0.0317. The van der Waals surface area contributed by atoms with Crippen LogP contribution < -0.4 is 0 Å². The maximum Gasteiger partial charge on any atom is 0.253 e. The summed E-state index contributed by atoms with van der Waals surface area (Å²) in [6.45, 7) is 5.20. The van der Waals surface area contributed by atoms with E-state index < -0.39 is 0 Å². The standard InChI is InChI=1S/C21H23N3O2/c1-15-12-16(2)24(22-15)14-18-4-8-19(9-5-18)21(26)23(3)13-17-6-10-20(25)11-7-17/h4-12,25H,13-14H2,1-3H3. The molecule has 3 rings (SSSR count). The minimum Gasteiger partial charge on any atom is -0.508 e. The fraction of sp³-hybridized carbons (Fsp3) is 0.238. The van der Waals surface area contributed by atoms with Gasteiger partial charge in [0.1, 0.15) is 5.75 Å². The second-order valence-electron chi connectivity index (χ2n) is 6.61. The normalized spacial score (nSPS) is 10.7. The Morgan fingerprint density at radius 3 is 2.23 bits per heavy atom. The highest BCUT2D eigenvalue weighted by Crippen LogP contribution is 2.14. The van der Waals surface area contributed by atoms with Crippen molar-refractivity contribution in [2.45, 2.75) is 26.9 Å². The van der Waals surface area contributed by atoms with Crippen LogP contribution in [0, 0.1) is 13.8 Å². The third kappa shape index (κ3) is 4.11. The van der Waals surface area contributed by atoms with Crippen LogP contribution in [-0.2, 0) is 13.1 Å². The molecular formula is C21H23N3O2. The van der Waals surface area contributed by atoms with Crippen LogP contribution in [0.2, 0.25) is 0 Å². The van der Waals surface area contributed by atoms with Crippen LogP contribution in [0.4, 0.5) is 0 Å². The molecule has 0 unspecified atom stereocenters. The number of aromatic hydroxyl groups is 1. The molecule has 1 heterocycles. The first-order valence-electron chi connectivity index (χ1n) is 8.56. The Morgan fingerprint density at radius 1 is 1.04 bits per heavy atom. The van der Waals surface area contributed by atoms with E-state index in [2.05, 4.69) is 11.2 Å². The van der Waals surface area contributed by atoms with Gasteiger partial charge >= 0.3 is 0 Å². The average molecular weight is 349 g/mol. The van der Waals surface area contributed by atoms with Gasteiger partial charge in [-0.2, -0.15) is 5.10 Å². The lowest BCUT2D eigenvalue weighted by Crippen LogP contribution is -2.26. The number of hydrogen-bond acceptors (Lipinski definition) is 3. The van der Waals surface area contributed by atoms with Gasteiger partial charge in [0.2, 0.25) is 0 Å². The zero-order valence-electron chi connectivity index (χ0n) is 15.3. The quantitative estimate of drug-likeness (QED) is 0.767. The van der Waals surface area contributed by atoms with E-state index in [0.717, 1.165) is 22.5 Å². The van der Waals surface area contributed by atoms with Crippen molar-refractivity contribution in [3.05, 3.63) is 82.7 Å². The molecular weight excluding hydrogens is 326 g/mol. The number of benzene rings is 2. The van der Waals surface area contributed by atoms with Crippen LogP contribution in [-0.4, -0.2) is 32.7 Å². The lowest BCUT2D eigenvalue weighted by atomic mass is 10.1. The molecule has 0 saturated carbocycles. The third-order valence-corrected chi connectivity index (χ3v) is 4.34. The highest BCUT2D eigenvalue weighted by Gasteiger charge is 2.12. The SMILES string of the molecule is Cc1cc(C)n(Cc2ccc(C(=O)N(C)Cc3ccc(O)cc3)cc2)n1. The predicted molar refractivity (Wildman–Crippen MR) is 101 cm³/mol. The molecule has 1 aromatic heterocycles. The molecule has 0 spiro atoms. The molecule has 3 aromatic rings. The van der Waals surface area contributed by atoms with Gasteiger partial charge in [0.25, 0.3) is 5.91 Å². The Bertz CT molecular complexity index is 896. The van der Waals surface area contributed by atoms with Gasteiger partial charge in [0.15, 0.2) is 0 Å². The molecule has 2 aromatic carbocycles. The molecule has 134 valence electrons. The monoisotopic (exact) mass is 349 g/mol. The number of amides is 1. The molecule has 1 N–H and O–H groups in total. The largest absolute Gasteiger partial charge is 0.508 e. The average Bonchev–Trinajstić information content (AvgIpc) is 2.94. The minimum absolute atomic E-state index is 0.0317. The summed E-state index contributed by atoms with van der Waals surface area (Å²) >= 11 is 0. The smallest absolute Gasteiger partial charge is 0.253 e. The van der Waals surface area contributed by atoms with E-state index in [9.17, 15) is 9.90 Å². The number of nitrogens with zero attached hydrogens (tertiary/aromatic N) is 3. The van der Waals surface area contributed by atoms with E-state index in [0.29, 0.717) is 18.7 Å². The molecule has 0 fully saturated rings. The van der Waals surface area contributed by atoms with Crippen molar-refractivity contribution in [3.63, 3.8) is 0 Å². The van der Waals surface area contributed by atoms with Crippen LogP contribution in [0.3, 0.4) is 0 Å². The molecule has 0 aliphatic heterocycles. The van der Waals surface area contributed by atoms with E-state index in [1.807, 2.05) is 54.9 Å². The van der Waals surface area contributed by atoms with Gasteiger partial charge in [-0.25, -0.2) is 0 Å². The maximum absolute atomic E-state index is 12.6. The number of carbonyl (C=O) groups is 1. The topological polar surface area (TPSA) is 58.4 Å². The molecule has 0 aliphatic carbocycles. The molecule has 0 radical (unpaired) electrons. The van der Waals surface area contributed by atoms with Crippen molar-refractivity contribution in [2.24, 2.45) is 0 Å². The van der Waals surface area contributed by atoms with Gasteiger partial charge in [0.05, 0.1) is 12.2 Å². The second-order valence-corrected chi connectivity index (χ2v) is 6.61. The van der Waals surface area contributed by atoms with Crippen LogP contribution in [0.1, 0.15) is 32.9 Å². The molecule has 5 nitrogen and oxygen atoms in total. The molecule has 0 aliphatic rings. The molecule has 0 saturated heterocycles. The van der Waals surface area contributed by atoms with E-state index in [-0.39, 0.29) is 11.7 Å². The third-order valence-electron chi connectivity index (χ3n) is 4.34. The van der Waals surface area contributed by atoms with Crippen molar-refractivity contribution < 1.29 is 9.90 Å². The van der Waals surface area contributed by atoms with E-state index in [4.69, 9.17) is 0 Å². The fourth-order valence-electron chi connectivity index (χ4n) is 2.93. The molecule has 0 atom stereocenters. The molecule has 0 bridgehead atoms. The molecule has 26 heavy (non-hydrogen) atoms. The van der Waals surface area contributed by atoms with Crippen molar-refractivity contribution in [3.8, 4) is 5.75 Å². The number of hydrogen-bond donors (Lipinski definition) is 1. The van der Waals surface area contributed by atoms with Gasteiger partial charge in [-0.05, 0) is 55.3 Å². The Hall–Kier alpha value is -3.08. The summed E-state index contributed by atoms with van der Waals surface area (Å²) in [5, 5.41) is 13.8.